The van der Waals surface area contributed by atoms with Crippen molar-refractivity contribution in [1.82, 2.24) is 15.0 Å². The highest BCUT2D eigenvalue weighted by molar-refractivity contribution is 5.65. The van der Waals surface area contributed by atoms with E-state index in [9.17, 15) is 0 Å². The van der Waals surface area contributed by atoms with Crippen LogP contribution in [0.5, 0.6) is 0 Å². The first-order valence-corrected chi connectivity index (χ1v) is 4.10. The summed E-state index contributed by atoms with van der Waals surface area (Å²) < 4.78 is 0. The van der Waals surface area contributed by atoms with Gasteiger partial charge in [-0.1, -0.05) is 0 Å². The van der Waals surface area contributed by atoms with Gasteiger partial charge in [0, 0.05) is 18.6 Å². The van der Waals surface area contributed by atoms with Crippen LogP contribution < -0.4 is 11.1 Å². The zero-order chi connectivity index (χ0) is 9.80. The molecule has 3 N–H and O–H groups in total. The minimum atomic E-state index is 0.582. The summed E-state index contributed by atoms with van der Waals surface area (Å²) >= 11 is 0. The summed E-state index contributed by atoms with van der Waals surface area (Å²) in [7, 11) is 0. The average molecular weight is 187 g/mol. The summed E-state index contributed by atoms with van der Waals surface area (Å²) in [6.45, 7) is 0. The van der Waals surface area contributed by atoms with Crippen molar-refractivity contribution >= 4 is 17.3 Å². The quantitative estimate of drug-likeness (QED) is 0.738. The number of nitrogen functional groups attached to an aromatic ring is 1. The molecule has 2 aromatic rings. The lowest BCUT2D eigenvalue weighted by Gasteiger charge is -2.05. The van der Waals surface area contributed by atoms with Gasteiger partial charge < -0.3 is 11.1 Å². The molecule has 0 saturated carbocycles. The van der Waals surface area contributed by atoms with E-state index in [0.29, 0.717) is 17.3 Å². The van der Waals surface area contributed by atoms with Gasteiger partial charge in [-0.25, -0.2) is 9.97 Å². The molecule has 2 heterocycles. The lowest BCUT2D eigenvalue weighted by molar-refractivity contribution is 1.18. The summed E-state index contributed by atoms with van der Waals surface area (Å²) in [4.78, 5) is 12.0. The number of nitrogens with two attached hydrogens (primary N) is 1. The van der Waals surface area contributed by atoms with Crippen molar-refractivity contribution in [3.05, 3.63) is 36.9 Å². The summed E-state index contributed by atoms with van der Waals surface area (Å²) in [5.74, 6) is 1.21. The summed E-state index contributed by atoms with van der Waals surface area (Å²) in [6, 6.07) is 3.54. The molecule has 2 rings (SSSR count). The molecule has 70 valence electrons. The Morgan fingerprint density at radius 2 is 2.07 bits per heavy atom. The first kappa shape index (κ1) is 8.43. The monoisotopic (exact) mass is 187 g/mol. The SMILES string of the molecule is Nc1cccnc1Nc1cnccn1. The molecule has 5 heteroatoms. The molecule has 0 aliphatic rings. The molecule has 2 aromatic heterocycles. The van der Waals surface area contributed by atoms with E-state index in [4.69, 9.17) is 5.73 Å². The molecule has 0 saturated heterocycles. The van der Waals surface area contributed by atoms with E-state index < -0.39 is 0 Å². The Balaban J connectivity index is 2.24. The van der Waals surface area contributed by atoms with E-state index in [1.807, 2.05) is 0 Å². The highest BCUT2D eigenvalue weighted by Crippen LogP contribution is 2.16. The first-order valence-electron chi connectivity index (χ1n) is 4.10. The molecule has 14 heavy (non-hydrogen) atoms. The third-order valence-corrected chi connectivity index (χ3v) is 1.65. The Morgan fingerprint density at radius 3 is 2.79 bits per heavy atom. The topological polar surface area (TPSA) is 76.7 Å². The highest BCUT2D eigenvalue weighted by Gasteiger charge is 1.99. The maximum absolute atomic E-state index is 5.70. The van der Waals surface area contributed by atoms with Crippen molar-refractivity contribution < 1.29 is 0 Å². The Labute approximate surface area is 81.0 Å². The van der Waals surface area contributed by atoms with Gasteiger partial charge in [-0.2, -0.15) is 0 Å². The number of hydrogen-bond acceptors (Lipinski definition) is 5. The van der Waals surface area contributed by atoms with E-state index in [0.717, 1.165) is 0 Å². The Morgan fingerprint density at radius 1 is 1.14 bits per heavy atom. The number of aromatic nitrogens is 3. The van der Waals surface area contributed by atoms with E-state index >= 15 is 0 Å². The fourth-order valence-electron chi connectivity index (χ4n) is 1.01. The van der Waals surface area contributed by atoms with Crippen LogP contribution in [-0.4, -0.2) is 15.0 Å². The number of nitrogens with zero attached hydrogens (tertiary/aromatic N) is 3. The van der Waals surface area contributed by atoms with Crippen molar-refractivity contribution in [2.24, 2.45) is 0 Å². The fraction of sp³-hybridized carbons (Fsp3) is 0. The zero-order valence-corrected chi connectivity index (χ0v) is 7.38. The predicted molar refractivity (Wildman–Crippen MR) is 54.0 cm³/mol. The van der Waals surface area contributed by atoms with Crippen LogP contribution in [0.4, 0.5) is 17.3 Å². The maximum atomic E-state index is 5.70. The largest absolute Gasteiger partial charge is 0.396 e. The van der Waals surface area contributed by atoms with Gasteiger partial charge in [-0.3, -0.25) is 4.98 Å². The van der Waals surface area contributed by atoms with Gasteiger partial charge >= 0.3 is 0 Å². The van der Waals surface area contributed by atoms with Crippen molar-refractivity contribution in [3.8, 4) is 0 Å². The van der Waals surface area contributed by atoms with E-state index in [2.05, 4.69) is 20.3 Å². The van der Waals surface area contributed by atoms with E-state index in [1.165, 1.54) is 0 Å². The summed E-state index contributed by atoms with van der Waals surface area (Å²) in [5, 5.41) is 2.96. The summed E-state index contributed by atoms with van der Waals surface area (Å²) in [5.41, 5.74) is 6.28. The average Bonchev–Trinajstić information content (AvgIpc) is 2.23. The molecule has 0 radical (unpaired) electrons. The fourth-order valence-corrected chi connectivity index (χ4v) is 1.01. The lowest BCUT2D eigenvalue weighted by atomic mass is 10.4. The van der Waals surface area contributed by atoms with Crippen molar-refractivity contribution in [2.45, 2.75) is 0 Å². The van der Waals surface area contributed by atoms with Crippen LogP contribution in [-0.2, 0) is 0 Å². The third-order valence-electron chi connectivity index (χ3n) is 1.65. The second kappa shape index (κ2) is 3.69. The van der Waals surface area contributed by atoms with Crippen molar-refractivity contribution in [1.29, 1.82) is 0 Å². The third kappa shape index (κ3) is 1.77. The number of anilines is 3. The smallest absolute Gasteiger partial charge is 0.154 e. The van der Waals surface area contributed by atoms with Gasteiger partial charge in [0.15, 0.2) is 5.82 Å². The second-order valence-electron chi connectivity index (χ2n) is 2.66. The number of hydrogen-bond donors (Lipinski definition) is 2. The number of nitrogens with one attached hydrogen (secondary N) is 1. The maximum Gasteiger partial charge on any atom is 0.154 e. The van der Waals surface area contributed by atoms with E-state index in [1.54, 1.807) is 36.9 Å². The first-order chi connectivity index (χ1) is 6.86. The molecular weight excluding hydrogens is 178 g/mol. The van der Waals surface area contributed by atoms with E-state index in [-0.39, 0.29) is 0 Å². The molecule has 0 bridgehead atoms. The normalized spacial score (nSPS) is 9.71. The standard InChI is InChI=1S/C9H9N5/c10-7-2-1-3-13-9(7)14-8-6-11-4-5-12-8/h1-6H,10H2,(H,12,13,14). The van der Waals surface area contributed by atoms with Gasteiger partial charge in [0.25, 0.3) is 0 Å². The highest BCUT2D eigenvalue weighted by atomic mass is 15.1. The molecule has 0 amide bonds. The molecule has 5 nitrogen and oxygen atoms in total. The van der Waals surface area contributed by atoms with Crippen LogP contribution >= 0.6 is 0 Å². The lowest BCUT2D eigenvalue weighted by Crippen LogP contribution is -1.99. The van der Waals surface area contributed by atoms with Crippen LogP contribution in [0.25, 0.3) is 0 Å². The molecular formula is C9H9N5. The van der Waals surface area contributed by atoms with Crippen LogP contribution in [0.3, 0.4) is 0 Å². The minimum absolute atomic E-state index is 0.582. The van der Waals surface area contributed by atoms with Gasteiger partial charge in [0.2, 0.25) is 0 Å². The molecule has 0 unspecified atom stereocenters. The van der Waals surface area contributed by atoms with Crippen LogP contribution in [0.1, 0.15) is 0 Å². The zero-order valence-electron chi connectivity index (χ0n) is 7.38. The van der Waals surface area contributed by atoms with Crippen molar-refractivity contribution in [2.75, 3.05) is 11.1 Å². The molecule has 0 atom stereocenters. The van der Waals surface area contributed by atoms with Crippen LogP contribution in [0.15, 0.2) is 36.9 Å². The van der Waals surface area contributed by atoms with Crippen molar-refractivity contribution in [3.63, 3.8) is 0 Å². The Bertz CT molecular complexity index is 415. The minimum Gasteiger partial charge on any atom is -0.396 e. The number of rotatable bonds is 2. The molecule has 0 aliphatic carbocycles. The summed E-state index contributed by atoms with van der Waals surface area (Å²) in [6.07, 6.45) is 6.47. The second-order valence-corrected chi connectivity index (χ2v) is 2.66. The van der Waals surface area contributed by atoms with Crippen LogP contribution in [0.2, 0.25) is 0 Å². The van der Waals surface area contributed by atoms with Gasteiger partial charge in [-0.05, 0) is 12.1 Å². The van der Waals surface area contributed by atoms with Crippen LogP contribution in [0, 0.1) is 0 Å². The number of pyridine rings is 1. The molecule has 0 spiro atoms. The van der Waals surface area contributed by atoms with Gasteiger partial charge in [0.05, 0.1) is 11.9 Å². The molecule has 0 aliphatic heterocycles. The molecule has 0 fully saturated rings. The van der Waals surface area contributed by atoms with Gasteiger partial charge in [0.1, 0.15) is 5.82 Å². The van der Waals surface area contributed by atoms with Gasteiger partial charge in [-0.15, -0.1) is 0 Å². The molecule has 0 aromatic carbocycles. The Kier molecular flexibility index (Phi) is 2.22. The Hall–Kier alpha value is -2.17. The predicted octanol–water partition coefficient (Wildman–Crippen LogP) is 1.20.